The molecule has 2 saturated heterocycles. The number of rotatable bonds is 0. The van der Waals surface area contributed by atoms with Crippen molar-refractivity contribution in [3.8, 4) is 0 Å². The molecule has 1 saturated carbocycles. The second-order valence-corrected chi connectivity index (χ2v) is 3.47. The topological polar surface area (TPSA) is 12.0 Å². The van der Waals surface area contributed by atoms with Gasteiger partial charge in [0.25, 0.3) is 0 Å². The van der Waals surface area contributed by atoms with Crippen molar-refractivity contribution in [3.63, 3.8) is 0 Å². The molecule has 1 aliphatic carbocycles. The highest BCUT2D eigenvalue weighted by Gasteiger charge is 2.47. The molecule has 2 heterocycles. The first kappa shape index (κ1) is 8.10. The van der Waals surface area contributed by atoms with Crippen LogP contribution in [0, 0.1) is 5.92 Å². The third-order valence-corrected chi connectivity index (χ3v) is 2.80. The first-order chi connectivity index (χ1) is 5.50. The van der Waals surface area contributed by atoms with Crippen molar-refractivity contribution < 1.29 is 13.2 Å². The predicted octanol–water partition coefficient (Wildman–Crippen LogP) is 1.86. The van der Waals surface area contributed by atoms with Gasteiger partial charge in [0.1, 0.15) is 0 Å². The van der Waals surface area contributed by atoms with E-state index in [-0.39, 0.29) is 17.5 Å². The van der Waals surface area contributed by atoms with Crippen molar-refractivity contribution >= 4 is 0 Å². The zero-order valence-corrected chi connectivity index (χ0v) is 6.70. The zero-order chi connectivity index (χ0) is 8.93. The summed E-state index contributed by atoms with van der Waals surface area (Å²) in [6.45, 7) is 1.91. The monoisotopic (exact) mass is 177 g/mol. The molecule has 0 radical (unpaired) electrons. The summed E-state index contributed by atoms with van der Waals surface area (Å²) in [5.41, 5.74) is 0.219. The maximum absolute atomic E-state index is 12.2. The van der Waals surface area contributed by atoms with Gasteiger partial charge in [-0.25, -0.2) is 0 Å². The number of hydrogen-bond acceptors (Lipinski definition) is 1. The Kier molecular flexibility index (Phi) is 1.52. The van der Waals surface area contributed by atoms with Crippen LogP contribution in [0.5, 0.6) is 0 Å². The Morgan fingerprint density at radius 2 is 2.17 bits per heavy atom. The van der Waals surface area contributed by atoms with E-state index in [2.05, 4.69) is 5.32 Å². The molecule has 2 aliphatic heterocycles. The third kappa shape index (κ3) is 0.975. The number of nitrogens with one attached hydrogen (secondary N) is 1. The number of allylic oxidation sites excluding steroid dienone is 1. The molecule has 0 amide bonds. The molecule has 1 nitrogen and oxygen atoms in total. The molecule has 12 heavy (non-hydrogen) atoms. The highest BCUT2D eigenvalue weighted by molar-refractivity contribution is 5.35. The Bertz CT molecular complexity index is 225. The van der Waals surface area contributed by atoms with Crippen LogP contribution in [0.25, 0.3) is 0 Å². The van der Waals surface area contributed by atoms with Gasteiger partial charge in [-0.1, -0.05) is 0 Å². The van der Waals surface area contributed by atoms with Crippen molar-refractivity contribution in [1.82, 2.24) is 5.32 Å². The Labute approximate surface area is 68.6 Å². The molecule has 1 N–H and O–H groups in total. The van der Waals surface area contributed by atoms with E-state index in [1.165, 1.54) is 6.92 Å². The largest absolute Gasteiger partial charge is 0.412 e. The fourth-order valence-electron chi connectivity index (χ4n) is 2.06. The first-order valence-corrected chi connectivity index (χ1v) is 4.01. The van der Waals surface area contributed by atoms with Crippen LogP contribution in [0.2, 0.25) is 0 Å². The van der Waals surface area contributed by atoms with E-state index in [0.717, 1.165) is 13.0 Å². The Balaban J connectivity index is 2.27. The number of halogens is 3. The van der Waals surface area contributed by atoms with Crippen molar-refractivity contribution in [2.45, 2.75) is 25.6 Å². The highest BCUT2D eigenvalue weighted by Crippen LogP contribution is 2.44. The van der Waals surface area contributed by atoms with Crippen molar-refractivity contribution in [2.75, 3.05) is 6.54 Å². The second kappa shape index (κ2) is 2.25. The highest BCUT2D eigenvalue weighted by atomic mass is 19.4. The number of alkyl halides is 3. The van der Waals surface area contributed by atoms with Crippen LogP contribution in [-0.2, 0) is 0 Å². The van der Waals surface area contributed by atoms with Gasteiger partial charge in [0.2, 0.25) is 0 Å². The van der Waals surface area contributed by atoms with Gasteiger partial charge in [-0.3, -0.25) is 0 Å². The summed E-state index contributed by atoms with van der Waals surface area (Å²) in [6, 6.07) is 0.0247. The minimum absolute atomic E-state index is 0.0247. The van der Waals surface area contributed by atoms with Crippen molar-refractivity contribution in [3.05, 3.63) is 11.1 Å². The fraction of sp³-hybridized carbons (Fsp3) is 0.750. The van der Waals surface area contributed by atoms with E-state index in [9.17, 15) is 13.2 Å². The van der Waals surface area contributed by atoms with Gasteiger partial charge in [0, 0.05) is 18.2 Å². The summed E-state index contributed by atoms with van der Waals surface area (Å²) in [4.78, 5) is 0. The quantitative estimate of drug-likeness (QED) is 0.557. The molecular formula is C8H10F3N. The summed E-state index contributed by atoms with van der Waals surface area (Å²) < 4.78 is 36.6. The summed E-state index contributed by atoms with van der Waals surface area (Å²) >= 11 is 0. The maximum Gasteiger partial charge on any atom is 0.412 e. The molecule has 3 fully saturated rings. The molecule has 2 bridgehead atoms. The average Bonchev–Trinajstić information content (AvgIpc) is 2.41. The van der Waals surface area contributed by atoms with Crippen LogP contribution in [0.3, 0.4) is 0 Å². The smallest absolute Gasteiger partial charge is 0.310 e. The molecule has 0 aromatic carbocycles. The molecule has 0 aromatic heterocycles. The van der Waals surface area contributed by atoms with Gasteiger partial charge in [0.05, 0.1) is 0 Å². The summed E-state index contributed by atoms with van der Waals surface area (Å²) in [5, 5.41) is 3.04. The minimum atomic E-state index is -4.13. The van der Waals surface area contributed by atoms with Gasteiger partial charge in [-0.2, -0.15) is 13.2 Å². The maximum atomic E-state index is 12.2. The van der Waals surface area contributed by atoms with E-state index in [4.69, 9.17) is 0 Å². The Hall–Kier alpha value is -0.510. The number of fused-ring (bicyclic) bond motifs is 1. The lowest BCUT2D eigenvalue weighted by Gasteiger charge is -2.29. The van der Waals surface area contributed by atoms with Crippen LogP contribution < -0.4 is 5.32 Å². The lowest BCUT2D eigenvalue weighted by Crippen LogP contribution is -2.31. The minimum Gasteiger partial charge on any atom is -0.310 e. The van der Waals surface area contributed by atoms with Gasteiger partial charge in [0.15, 0.2) is 0 Å². The molecule has 2 unspecified atom stereocenters. The van der Waals surface area contributed by atoms with Crippen molar-refractivity contribution in [1.29, 1.82) is 0 Å². The van der Waals surface area contributed by atoms with E-state index in [1.807, 2.05) is 0 Å². The van der Waals surface area contributed by atoms with Crippen LogP contribution in [0.4, 0.5) is 13.2 Å². The number of hydrogen-bond donors (Lipinski definition) is 1. The Morgan fingerprint density at radius 1 is 1.50 bits per heavy atom. The average molecular weight is 177 g/mol. The Morgan fingerprint density at radius 3 is 2.50 bits per heavy atom. The molecule has 68 valence electrons. The van der Waals surface area contributed by atoms with Gasteiger partial charge >= 0.3 is 6.18 Å². The molecule has 3 rings (SSSR count). The zero-order valence-electron chi connectivity index (χ0n) is 6.70. The first-order valence-electron chi connectivity index (χ1n) is 4.01. The third-order valence-electron chi connectivity index (χ3n) is 2.80. The predicted molar refractivity (Wildman–Crippen MR) is 38.7 cm³/mol. The second-order valence-electron chi connectivity index (χ2n) is 3.47. The lowest BCUT2D eigenvalue weighted by molar-refractivity contribution is -0.0933. The van der Waals surface area contributed by atoms with Crippen LogP contribution >= 0.6 is 0 Å². The normalized spacial score (nSPS) is 38.0. The summed E-state index contributed by atoms with van der Waals surface area (Å²) in [5.74, 6) is 0.164. The van der Waals surface area contributed by atoms with Gasteiger partial charge < -0.3 is 5.32 Å². The van der Waals surface area contributed by atoms with Crippen LogP contribution in [0.15, 0.2) is 11.1 Å². The van der Waals surface area contributed by atoms with Gasteiger partial charge in [-0.15, -0.1) is 0 Å². The van der Waals surface area contributed by atoms with E-state index >= 15 is 0 Å². The molecule has 0 spiro atoms. The molecule has 3 aliphatic rings. The fourth-order valence-corrected chi connectivity index (χ4v) is 2.06. The van der Waals surface area contributed by atoms with Crippen molar-refractivity contribution in [2.24, 2.45) is 5.92 Å². The van der Waals surface area contributed by atoms with E-state index < -0.39 is 6.18 Å². The van der Waals surface area contributed by atoms with Crippen LogP contribution in [-0.4, -0.2) is 18.8 Å². The molecule has 4 heteroatoms. The summed E-state index contributed by atoms with van der Waals surface area (Å²) in [7, 11) is 0. The van der Waals surface area contributed by atoms with Gasteiger partial charge in [-0.05, 0) is 24.8 Å². The molecular weight excluding hydrogens is 167 g/mol. The summed E-state index contributed by atoms with van der Waals surface area (Å²) in [6.07, 6.45) is -3.24. The van der Waals surface area contributed by atoms with Crippen LogP contribution in [0.1, 0.15) is 13.3 Å². The lowest BCUT2D eigenvalue weighted by atomic mass is 9.77. The van der Waals surface area contributed by atoms with E-state index in [0.29, 0.717) is 5.57 Å². The molecule has 2 atom stereocenters. The molecule has 0 aromatic rings. The standard InChI is InChI=1S/C8H10F3N/c1-4(8(9,10)11)7-5-2-6(7)12-3-5/h5-6,12H,2-3H2,1H3/b7-4-. The van der Waals surface area contributed by atoms with E-state index in [1.54, 1.807) is 0 Å². The SMILES string of the molecule is C/C(=C1\C2CNC1C2)C(F)(F)F.